The summed E-state index contributed by atoms with van der Waals surface area (Å²) in [4.78, 5) is 11.7. The van der Waals surface area contributed by atoms with Crippen LogP contribution in [-0.4, -0.2) is 12.0 Å². The van der Waals surface area contributed by atoms with E-state index in [1.165, 1.54) is 0 Å². The number of hydrogen-bond acceptors (Lipinski definition) is 3. The summed E-state index contributed by atoms with van der Waals surface area (Å²) < 4.78 is 5.33. The Balaban J connectivity index is 2.10. The third kappa shape index (κ3) is 2.09. The molecule has 3 heteroatoms. The number of carbonyl (C=O) groups is 1. The summed E-state index contributed by atoms with van der Waals surface area (Å²) in [6.45, 7) is 4.14. The van der Waals surface area contributed by atoms with E-state index < -0.39 is 0 Å². The van der Waals surface area contributed by atoms with Gasteiger partial charge in [0, 0.05) is 5.56 Å². The highest BCUT2D eigenvalue weighted by Gasteiger charge is 2.36. The van der Waals surface area contributed by atoms with Gasteiger partial charge >= 0.3 is 5.97 Å². The van der Waals surface area contributed by atoms with E-state index in [4.69, 9.17) is 4.74 Å². The number of ether oxygens (including phenoxy) is 1. The zero-order valence-corrected chi connectivity index (χ0v) is 9.64. The summed E-state index contributed by atoms with van der Waals surface area (Å²) in [6.07, 6.45) is 0.682. The SMILES string of the molecule is CCC(C)C1NC(c2ccccc2)OC1=O. The summed E-state index contributed by atoms with van der Waals surface area (Å²) in [6, 6.07) is 9.60. The molecule has 3 unspecified atom stereocenters. The molecule has 0 amide bonds. The van der Waals surface area contributed by atoms with Crippen molar-refractivity contribution in [2.75, 3.05) is 0 Å². The van der Waals surface area contributed by atoms with Gasteiger partial charge in [-0.05, 0) is 5.92 Å². The summed E-state index contributed by atoms with van der Waals surface area (Å²) in [5, 5.41) is 3.24. The quantitative estimate of drug-likeness (QED) is 0.792. The molecule has 0 saturated carbocycles. The van der Waals surface area contributed by atoms with Crippen molar-refractivity contribution in [3.63, 3.8) is 0 Å². The van der Waals surface area contributed by atoms with Crippen LogP contribution in [0.2, 0.25) is 0 Å². The molecule has 1 N–H and O–H groups in total. The number of esters is 1. The fraction of sp³-hybridized carbons (Fsp3) is 0.462. The second-order valence-electron chi connectivity index (χ2n) is 4.26. The van der Waals surface area contributed by atoms with Gasteiger partial charge in [-0.15, -0.1) is 0 Å². The van der Waals surface area contributed by atoms with Crippen LogP contribution in [0.25, 0.3) is 0 Å². The van der Waals surface area contributed by atoms with E-state index in [0.717, 1.165) is 12.0 Å². The molecule has 0 radical (unpaired) electrons. The molecule has 0 spiro atoms. The van der Waals surface area contributed by atoms with Crippen molar-refractivity contribution >= 4 is 5.97 Å². The molecule has 86 valence electrons. The van der Waals surface area contributed by atoms with Crippen LogP contribution < -0.4 is 5.32 Å². The van der Waals surface area contributed by atoms with E-state index in [0.29, 0.717) is 5.92 Å². The minimum Gasteiger partial charge on any atom is -0.441 e. The summed E-state index contributed by atoms with van der Waals surface area (Å²) in [5.74, 6) is 0.171. The number of cyclic esters (lactones) is 1. The first-order chi connectivity index (χ1) is 7.72. The van der Waals surface area contributed by atoms with Crippen LogP contribution in [0.4, 0.5) is 0 Å². The molecule has 0 bridgehead atoms. The van der Waals surface area contributed by atoms with Crippen molar-refractivity contribution in [2.24, 2.45) is 5.92 Å². The molecule has 2 rings (SSSR count). The zero-order valence-electron chi connectivity index (χ0n) is 9.64. The molecule has 1 aliphatic rings. The van der Waals surface area contributed by atoms with Gasteiger partial charge in [-0.3, -0.25) is 10.1 Å². The minimum absolute atomic E-state index is 0.136. The van der Waals surface area contributed by atoms with Gasteiger partial charge in [0.1, 0.15) is 6.04 Å². The van der Waals surface area contributed by atoms with Gasteiger partial charge in [0.25, 0.3) is 0 Å². The molecule has 16 heavy (non-hydrogen) atoms. The lowest BCUT2D eigenvalue weighted by atomic mass is 10.00. The van der Waals surface area contributed by atoms with Crippen molar-refractivity contribution in [1.29, 1.82) is 0 Å². The number of rotatable bonds is 3. The van der Waals surface area contributed by atoms with Crippen LogP contribution in [0.15, 0.2) is 30.3 Å². The normalized spacial score (nSPS) is 26.5. The lowest BCUT2D eigenvalue weighted by Gasteiger charge is -2.14. The Morgan fingerprint density at radius 2 is 2.06 bits per heavy atom. The number of hydrogen-bond donors (Lipinski definition) is 1. The first-order valence-corrected chi connectivity index (χ1v) is 5.74. The average Bonchev–Trinajstić information content (AvgIpc) is 2.71. The fourth-order valence-corrected chi connectivity index (χ4v) is 1.88. The summed E-state index contributed by atoms with van der Waals surface area (Å²) in [7, 11) is 0. The van der Waals surface area contributed by atoms with Gasteiger partial charge in [0.15, 0.2) is 6.23 Å². The molecule has 1 heterocycles. The average molecular weight is 219 g/mol. The van der Waals surface area contributed by atoms with Crippen molar-refractivity contribution < 1.29 is 9.53 Å². The van der Waals surface area contributed by atoms with Gasteiger partial charge in [-0.1, -0.05) is 50.6 Å². The second-order valence-corrected chi connectivity index (χ2v) is 4.26. The smallest absolute Gasteiger partial charge is 0.325 e. The van der Waals surface area contributed by atoms with E-state index in [1.807, 2.05) is 30.3 Å². The molecule has 1 aromatic carbocycles. The lowest BCUT2D eigenvalue weighted by molar-refractivity contribution is -0.143. The molecule has 1 saturated heterocycles. The minimum atomic E-state index is -0.285. The number of nitrogens with one attached hydrogen (secondary N) is 1. The lowest BCUT2D eigenvalue weighted by Crippen LogP contribution is -2.34. The molecule has 1 fully saturated rings. The molecule has 3 nitrogen and oxygen atoms in total. The monoisotopic (exact) mass is 219 g/mol. The third-order valence-electron chi connectivity index (χ3n) is 3.13. The van der Waals surface area contributed by atoms with Gasteiger partial charge in [0.05, 0.1) is 0 Å². The van der Waals surface area contributed by atoms with E-state index in [9.17, 15) is 4.79 Å². The summed E-state index contributed by atoms with van der Waals surface area (Å²) >= 11 is 0. The maximum Gasteiger partial charge on any atom is 0.325 e. The molecule has 0 aromatic heterocycles. The van der Waals surface area contributed by atoms with Crippen LogP contribution in [-0.2, 0) is 9.53 Å². The van der Waals surface area contributed by atoms with Crippen LogP contribution in [0.1, 0.15) is 32.1 Å². The number of carbonyl (C=O) groups excluding carboxylic acids is 1. The second kappa shape index (κ2) is 4.66. The molecule has 0 aliphatic carbocycles. The van der Waals surface area contributed by atoms with Crippen molar-refractivity contribution in [3.8, 4) is 0 Å². The highest BCUT2D eigenvalue weighted by Crippen LogP contribution is 2.25. The van der Waals surface area contributed by atoms with Crippen LogP contribution in [0, 0.1) is 5.92 Å². The predicted molar refractivity (Wildman–Crippen MR) is 61.7 cm³/mol. The van der Waals surface area contributed by atoms with Crippen molar-refractivity contribution in [1.82, 2.24) is 5.32 Å². The summed E-state index contributed by atoms with van der Waals surface area (Å²) in [5.41, 5.74) is 1.00. The van der Waals surface area contributed by atoms with E-state index >= 15 is 0 Å². The van der Waals surface area contributed by atoms with Crippen LogP contribution in [0.5, 0.6) is 0 Å². The van der Waals surface area contributed by atoms with Crippen molar-refractivity contribution in [3.05, 3.63) is 35.9 Å². The predicted octanol–water partition coefficient (Wildman–Crippen LogP) is 2.25. The Bertz CT molecular complexity index is 363. The Morgan fingerprint density at radius 3 is 2.69 bits per heavy atom. The molecule has 1 aromatic rings. The molecular formula is C13H17NO2. The van der Waals surface area contributed by atoms with Crippen molar-refractivity contribution in [2.45, 2.75) is 32.5 Å². The van der Waals surface area contributed by atoms with Gasteiger partial charge in [-0.2, -0.15) is 0 Å². The van der Waals surface area contributed by atoms with E-state index in [-0.39, 0.29) is 18.2 Å². The first-order valence-electron chi connectivity index (χ1n) is 5.74. The Labute approximate surface area is 95.8 Å². The fourth-order valence-electron chi connectivity index (χ4n) is 1.88. The topological polar surface area (TPSA) is 38.3 Å². The first kappa shape index (κ1) is 11.1. The highest BCUT2D eigenvalue weighted by atomic mass is 16.6. The maximum atomic E-state index is 11.7. The molecule has 1 aliphatic heterocycles. The molecular weight excluding hydrogens is 202 g/mol. The van der Waals surface area contributed by atoms with E-state index in [1.54, 1.807) is 0 Å². The Hall–Kier alpha value is -1.35. The van der Waals surface area contributed by atoms with E-state index in [2.05, 4.69) is 19.2 Å². The van der Waals surface area contributed by atoms with Gasteiger partial charge < -0.3 is 4.74 Å². The zero-order chi connectivity index (χ0) is 11.5. The van der Waals surface area contributed by atoms with Crippen LogP contribution >= 0.6 is 0 Å². The Morgan fingerprint density at radius 1 is 1.38 bits per heavy atom. The third-order valence-corrected chi connectivity index (χ3v) is 3.13. The standard InChI is InChI=1S/C13H17NO2/c1-3-9(2)11-13(15)16-12(14-11)10-7-5-4-6-8-10/h4-9,11-12,14H,3H2,1-2H3. The molecule has 3 atom stereocenters. The van der Waals surface area contributed by atoms with Gasteiger partial charge in [-0.25, -0.2) is 0 Å². The largest absolute Gasteiger partial charge is 0.441 e. The number of benzene rings is 1. The Kier molecular flexibility index (Phi) is 3.25. The maximum absolute atomic E-state index is 11.7. The highest BCUT2D eigenvalue weighted by molar-refractivity contribution is 5.78. The van der Waals surface area contributed by atoms with Gasteiger partial charge in [0.2, 0.25) is 0 Å². The van der Waals surface area contributed by atoms with Crippen LogP contribution in [0.3, 0.4) is 0 Å².